The number of nitro groups is 1. The van der Waals surface area contributed by atoms with Crippen molar-refractivity contribution in [3.8, 4) is 5.75 Å². The molecule has 1 aromatic rings. The minimum atomic E-state index is -4.94. The number of hydrogen-bond donors (Lipinski definition) is 0. The highest BCUT2D eigenvalue weighted by Gasteiger charge is 2.41. The van der Waals surface area contributed by atoms with Crippen molar-refractivity contribution in [3.63, 3.8) is 0 Å². The van der Waals surface area contributed by atoms with Gasteiger partial charge >= 0.3 is 11.9 Å². The minimum Gasteiger partial charge on any atom is -0.490 e. The number of nitro benzene ring substituents is 1. The van der Waals surface area contributed by atoms with Gasteiger partial charge in [-0.15, -0.1) is 0 Å². The van der Waals surface area contributed by atoms with E-state index in [9.17, 15) is 28.1 Å². The van der Waals surface area contributed by atoms with Crippen LogP contribution in [-0.4, -0.2) is 17.8 Å². The highest BCUT2D eigenvalue weighted by Crippen LogP contribution is 2.42. The summed E-state index contributed by atoms with van der Waals surface area (Å²) in [6.07, 6.45) is -4.94. The lowest BCUT2D eigenvalue weighted by Gasteiger charge is -2.11. The van der Waals surface area contributed by atoms with Crippen LogP contribution in [-0.2, 0) is 6.18 Å². The average molecular weight is 263 g/mol. The predicted octanol–water partition coefficient (Wildman–Crippen LogP) is 2.82. The third-order valence-electron chi connectivity index (χ3n) is 2.19. The zero-order valence-electron chi connectivity index (χ0n) is 9.37. The van der Waals surface area contributed by atoms with E-state index in [1.165, 1.54) is 0 Å². The van der Waals surface area contributed by atoms with E-state index in [-0.39, 0.29) is 5.56 Å². The Balaban J connectivity index is 3.68. The molecule has 98 valence electrons. The molecule has 0 bridgehead atoms. The van der Waals surface area contributed by atoms with Gasteiger partial charge in [0.15, 0.2) is 11.5 Å². The summed E-state index contributed by atoms with van der Waals surface area (Å²) in [6.45, 7) is 1.06. The molecule has 0 radical (unpaired) electrons. The van der Waals surface area contributed by atoms with E-state index in [0.29, 0.717) is 6.07 Å². The molecule has 0 N–H and O–H groups in total. The van der Waals surface area contributed by atoms with Gasteiger partial charge < -0.3 is 4.74 Å². The van der Waals surface area contributed by atoms with E-state index in [4.69, 9.17) is 0 Å². The summed E-state index contributed by atoms with van der Waals surface area (Å²) in [5, 5.41) is 10.7. The second kappa shape index (κ2) is 4.63. The smallest absolute Gasteiger partial charge is 0.423 e. The first kappa shape index (κ1) is 13.9. The van der Waals surface area contributed by atoms with Crippen molar-refractivity contribution < 1.29 is 27.6 Å². The molecule has 0 aliphatic heterocycles. The monoisotopic (exact) mass is 263 g/mol. The van der Waals surface area contributed by atoms with E-state index in [1.54, 1.807) is 0 Å². The maximum atomic E-state index is 12.7. The summed E-state index contributed by atoms with van der Waals surface area (Å²) in [5.74, 6) is -1.24. The molecule has 8 heteroatoms. The molecule has 0 amide bonds. The SMILES string of the molecule is COc1cc(C(C)=O)cc(C(F)(F)F)c1[N+](=O)[O-]. The Morgan fingerprint density at radius 2 is 1.94 bits per heavy atom. The van der Waals surface area contributed by atoms with Gasteiger partial charge in [0.25, 0.3) is 0 Å². The third-order valence-corrected chi connectivity index (χ3v) is 2.19. The summed E-state index contributed by atoms with van der Waals surface area (Å²) in [5.41, 5.74) is -3.00. The summed E-state index contributed by atoms with van der Waals surface area (Å²) in [7, 11) is 0.992. The minimum absolute atomic E-state index is 0.301. The molecule has 0 heterocycles. The molecule has 5 nitrogen and oxygen atoms in total. The Bertz CT molecular complexity index is 511. The third kappa shape index (κ3) is 2.58. The molecule has 0 spiro atoms. The molecule has 1 rings (SSSR count). The number of methoxy groups -OCH3 is 1. The molecule has 0 fully saturated rings. The van der Waals surface area contributed by atoms with Crippen LogP contribution in [0.3, 0.4) is 0 Å². The van der Waals surface area contributed by atoms with Crippen LogP contribution < -0.4 is 4.74 Å². The first-order valence-electron chi connectivity index (χ1n) is 4.63. The average Bonchev–Trinajstić information content (AvgIpc) is 2.25. The van der Waals surface area contributed by atoms with Crippen molar-refractivity contribution in [2.75, 3.05) is 7.11 Å². The standard InChI is InChI=1S/C10H8F3NO4/c1-5(15)6-3-7(10(11,12)13)9(14(16)17)8(4-6)18-2/h3-4H,1-2H3. The molecular weight excluding hydrogens is 255 g/mol. The van der Waals surface area contributed by atoms with Crippen molar-refractivity contribution in [2.24, 2.45) is 0 Å². The van der Waals surface area contributed by atoms with E-state index < -0.39 is 33.9 Å². The number of Topliss-reactive ketones (excluding diaryl/α,β-unsaturated/α-hetero) is 1. The molecule has 1 aromatic carbocycles. The fraction of sp³-hybridized carbons (Fsp3) is 0.300. The molecule has 0 unspecified atom stereocenters. The number of ether oxygens (including phenoxy) is 1. The van der Waals surface area contributed by atoms with Gasteiger partial charge in [0.2, 0.25) is 0 Å². The number of benzene rings is 1. The van der Waals surface area contributed by atoms with Crippen molar-refractivity contribution >= 4 is 11.5 Å². The Hall–Kier alpha value is -2.12. The largest absolute Gasteiger partial charge is 0.490 e. The lowest BCUT2D eigenvalue weighted by molar-refractivity contribution is -0.389. The molecule has 0 saturated carbocycles. The number of carbonyl (C=O) groups is 1. The number of halogens is 3. The van der Waals surface area contributed by atoms with Crippen LogP contribution in [0, 0.1) is 10.1 Å². The Labute approximate surface area is 99.3 Å². The summed E-state index contributed by atoms with van der Waals surface area (Å²) in [6, 6.07) is 1.36. The maximum Gasteiger partial charge on any atom is 0.423 e. The number of hydrogen-bond acceptors (Lipinski definition) is 4. The van der Waals surface area contributed by atoms with Crippen molar-refractivity contribution in [1.29, 1.82) is 0 Å². The van der Waals surface area contributed by atoms with Gasteiger partial charge in [-0.2, -0.15) is 13.2 Å². The van der Waals surface area contributed by atoms with E-state index in [2.05, 4.69) is 4.74 Å². The summed E-state index contributed by atoms with van der Waals surface area (Å²) < 4.78 is 42.6. The predicted molar refractivity (Wildman–Crippen MR) is 54.7 cm³/mol. The lowest BCUT2D eigenvalue weighted by atomic mass is 10.0. The number of ketones is 1. The van der Waals surface area contributed by atoms with E-state index in [0.717, 1.165) is 20.1 Å². The van der Waals surface area contributed by atoms with Gasteiger partial charge in [-0.3, -0.25) is 14.9 Å². The normalized spacial score (nSPS) is 11.2. The van der Waals surface area contributed by atoms with Crippen LogP contribution in [0.25, 0.3) is 0 Å². The number of alkyl halides is 3. The second-order valence-electron chi connectivity index (χ2n) is 3.39. The molecule has 0 atom stereocenters. The van der Waals surface area contributed by atoms with Crippen molar-refractivity contribution in [1.82, 2.24) is 0 Å². The van der Waals surface area contributed by atoms with Crippen LogP contribution in [0.15, 0.2) is 12.1 Å². The Kier molecular flexibility index (Phi) is 3.59. The highest BCUT2D eigenvalue weighted by molar-refractivity contribution is 5.95. The number of rotatable bonds is 3. The van der Waals surface area contributed by atoms with E-state index in [1.807, 2.05) is 0 Å². The van der Waals surface area contributed by atoms with Crippen LogP contribution in [0.4, 0.5) is 18.9 Å². The number of carbonyl (C=O) groups excluding carboxylic acids is 1. The Morgan fingerprint density at radius 3 is 2.28 bits per heavy atom. The molecule has 0 aromatic heterocycles. The highest BCUT2D eigenvalue weighted by atomic mass is 19.4. The molecular formula is C10H8F3NO4. The molecule has 0 saturated heterocycles. The van der Waals surface area contributed by atoms with Crippen molar-refractivity contribution in [3.05, 3.63) is 33.4 Å². The molecule has 18 heavy (non-hydrogen) atoms. The molecule has 0 aliphatic rings. The first-order valence-corrected chi connectivity index (χ1v) is 4.63. The fourth-order valence-electron chi connectivity index (χ4n) is 1.37. The second-order valence-corrected chi connectivity index (χ2v) is 3.39. The first-order chi connectivity index (χ1) is 8.18. The maximum absolute atomic E-state index is 12.7. The Morgan fingerprint density at radius 1 is 1.39 bits per heavy atom. The van der Waals surface area contributed by atoms with Crippen LogP contribution in [0.5, 0.6) is 5.75 Å². The number of nitrogens with zero attached hydrogens (tertiary/aromatic N) is 1. The van der Waals surface area contributed by atoms with Gasteiger partial charge in [0, 0.05) is 5.56 Å². The zero-order valence-corrected chi connectivity index (χ0v) is 9.37. The van der Waals surface area contributed by atoms with Crippen LogP contribution in [0.1, 0.15) is 22.8 Å². The van der Waals surface area contributed by atoms with Gasteiger partial charge in [0.1, 0.15) is 5.56 Å². The van der Waals surface area contributed by atoms with Gasteiger partial charge in [0.05, 0.1) is 12.0 Å². The van der Waals surface area contributed by atoms with Gasteiger partial charge in [-0.1, -0.05) is 0 Å². The molecule has 0 aliphatic carbocycles. The van der Waals surface area contributed by atoms with Crippen molar-refractivity contribution in [2.45, 2.75) is 13.1 Å². The zero-order chi connectivity index (χ0) is 14.1. The topological polar surface area (TPSA) is 69.4 Å². The van der Waals surface area contributed by atoms with Gasteiger partial charge in [-0.25, -0.2) is 0 Å². The summed E-state index contributed by atoms with van der Waals surface area (Å²) in [4.78, 5) is 20.6. The van der Waals surface area contributed by atoms with Crippen LogP contribution in [0.2, 0.25) is 0 Å². The van der Waals surface area contributed by atoms with E-state index >= 15 is 0 Å². The quantitative estimate of drug-likeness (QED) is 0.477. The summed E-state index contributed by atoms with van der Waals surface area (Å²) >= 11 is 0. The van der Waals surface area contributed by atoms with Gasteiger partial charge in [-0.05, 0) is 19.1 Å². The lowest BCUT2D eigenvalue weighted by Crippen LogP contribution is -2.12. The van der Waals surface area contributed by atoms with Crippen LogP contribution >= 0.6 is 0 Å². The fourth-order valence-corrected chi connectivity index (χ4v) is 1.37.